The van der Waals surface area contributed by atoms with Gasteiger partial charge in [-0.1, -0.05) is 19.4 Å². The van der Waals surface area contributed by atoms with Crippen LogP contribution in [0, 0.1) is 5.92 Å². The molecule has 0 spiro atoms. The Hall–Kier alpha value is -1.81. The molecule has 0 amide bonds. The number of benzene rings is 1. The molecule has 0 saturated carbocycles. The first-order valence-electron chi connectivity index (χ1n) is 7.26. The Bertz CT molecular complexity index is 550. The maximum absolute atomic E-state index is 9.63. The molecule has 1 heterocycles. The Morgan fingerprint density at radius 1 is 1.30 bits per heavy atom. The largest absolute Gasteiger partial charge is 0.508 e. The minimum Gasteiger partial charge on any atom is -0.508 e. The number of anilines is 1. The van der Waals surface area contributed by atoms with E-state index in [1.165, 1.54) is 6.42 Å². The van der Waals surface area contributed by atoms with Crippen LogP contribution in [0.25, 0.3) is 10.8 Å². The van der Waals surface area contributed by atoms with Gasteiger partial charge in [0, 0.05) is 18.1 Å². The second kappa shape index (κ2) is 7.10. The predicted molar refractivity (Wildman–Crippen MR) is 84.0 cm³/mol. The molecule has 4 heteroatoms. The highest BCUT2D eigenvalue weighted by atomic mass is 16.3. The third-order valence-corrected chi connectivity index (χ3v) is 3.58. The Balaban J connectivity index is 2.14. The molecule has 4 nitrogen and oxygen atoms in total. The zero-order valence-corrected chi connectivity index (χ0v) is 12.0. The quantitative estimate of drug-likeness (QED) is 0.725. The van der Waals surface area contributed by atoms with Crippen molar-refractivity contribution in [3.8, 4) is 5.75 Å². The van der Waals surface area contributed by atoms with Gasteiger partial charge in [0.2, 0.25) is 0 Å². The zero-order chi connectivity index (χ0) is 14.4. The van der Waals surface area contributed by atoms with E-state index in [2.05, 4.69) is 17.2 Å². The summed E-state index contributed by atoms with van der Waals surface area (Å²) in [6.45, 7) is 3.78. The van der Waals surface area contributed by atoms with E-state index < -0.39 is 0 Å². The number of hydrogen-bond acceptors (Lipinski definition) is 4. The third kappa shape index (κ3) is 3.61. The number of nitrogens with two attached hydrogens (primary N) is 1. The molecule has 0 bridgehead atoms. The average molecular weight is 273 g/mol. The van der Waals surface area contributed by atoms with Crippen molar-refractivity contribution < 1.29 is 5.11 Å². The molecule has 1 unspecified atom stereocenters. The van der Waals surface area contributed by atoms with E-state index in [4.69, 9.17) is 5.73 Å². The molecule has 1 aromatic carbocycles. The number of nitrogens with zero attached hydrogens (tertiary/aromatic N) is 1. The van der Waals surface area contributed by atoms with Crippen LogP contribution in [-0.2, 0) is 0 Å². The fourth-order valence-electron chi connectivity index (χ4n) is 2.53. The number of phenols is 1. The van der Waals surface area contributed by atoms with Crippen LogP contribution in [0.1, 0.15) is 26.2 Å². The first kappa shape index (κ1) is 14.6. The number of hydrogen-bond donors (Lipinski definition) is 3. The lowest BCUT2D eigenvalue weighted by atomic mass is 10.00. The molecule has 0 radical (unpaired) electrons. The van der Waals surface area contributed by atoms with Crippen molar-refractivity contribution in [1.29, 1.82) is 0 Å². The number of aromatic nitrogens is 1. The van der Waals surface area contributed by atoms with Crippen molar-refractivity contribution in [2.75, 3.05) is 18.4 Å². The van der Waals surface area contributed by atoms with E-state index in [0.717, 1.165) is 42.5 Å². The molecule has 2 rings (SSSR count). The Morgan fingerprint density at radius 2 is 2.15 bits per heavy atom. The molecule has 4 N–H and O–H groups in total. The molecule has 1 atom stereocenters. The van der Waals surface area contributed by atoms with Crippen molar-refractivity contribution in [2.45, 2.75) is 26.2 Å². The van der Waals surface area contributed by atoms with Crippen LogP contribution in [0.2, 0.25) is 0 Å². The lowest BCUT2D eigenvalue weighted by Gasteiger charge is -2.17. The summed E-state index contributed by atoms with van der Waals surface area (Å²) in [5, 5.41) is 15.1. The summed E-state index contributed by atoms with van der Waals surface area (Å²) in [5.74, 6) is 1.66. The molecule has 20 heavy (non-hydrogen) atoms. The number of nitrogens with one attached hydrogen (secondary N) is 1. The molecule has 0 fully saturated rings. The summed E-state index contributed by atoms with van der Waals surface area (Å²) in [6.07, 6.45) is 5.15. The van der Waals surface area contributed by atoms with Crippen molar-refractivity contribution >= 4 is 16.6 Å². The zero-order valence-electron chi connectivity index (χ0n) is 12.0. The van der Waals surface area contributed by atoms with Gasteiger partial charge in [-0.3, -0.25) is 0 Å². The molecule has 108 valence electrons. The highest BCUT2D eigenvalue weighted by molar-refractivity contribution is 5.92. The number of phenolic OH excluding ortho intramolecular Hbond substituents is 1. The third-order valence-electron chi connectivity index (χ3n) is 3.58. The number of aromatic hydroxyl groups is 1. The summed E-state index contributed by atoms with van der Waals surface area (Å²) in [6, 6.07) is 7.30. The van der Waals surface area contributed by atoms with Crippen LogP contribution in [0.5, 0.6) is 5.75 Å². The van der Waals surface area contributed by atoms with Crippen molar-refractivity contribution in [1.82, 2.24) is 4.98 Å². The predicted octanol–water partition coefficient (Wildman–Crippen LogP) is 3.12. The monoisotopic (exact) mass is 273 g/mol. The lowest BCUT2D eigenvalue weighted by molar-refractivity contribution is 0.473. The van der Waals surface area contributed by atoms with Crippen LogP contribution in [-0.4, -0.2) is 23.2 Å². The second-order valence-electron chi connectivity index (χ2n) is 5.18. The normalized spacial score (nSPS) is 12.5. The summed E-state index contributed by atoms with van der Waals surface area (Å²) < 4.78 is 0. The van der Waals surface area contributed by atoms with Crippen molar-refractivity contribution in [3.63, 3.8) is 0 Å². The summed E-state index contributed by atoms with van der Waals surface area (Å²) in [4.78, 5) is 4.39. The topological polar surface area (TPSA) is 71.2 Å². The maximum atomic E-state index is 9.63. The second-order valence-corrected chi connectivity index (χ2v) is 5.18. The molecule has 0 aliphatic heterocycles. The summed E-state index contributed by atoms with van der Waals surface area (Å²) in [7, 11) is 0. The standard InChI is InChI=1S/C16H23N3O/c1-2-3-12(6-8-17)11-19-16-15-10-14(20)5-4-13(15)7-9-18-16/h4-5,7,9-10,12,20H,2-3,6,8,11,17H2,1H3,(H,18,19). The molecule has 1 aromatic heterocycles. The fraction of sp³-hybridized carbons (Fsp3) is 0.438. The first-order chi connectivity index (χ1) is 9.74. The molecular formula is C16H23N3O. The van der Waals surface area contributed by atoms with Gasteiger partial charge in [0.25, 0.3) is 0 Å². The van der Waals surface area contributed by atoms with E-state index in [-0.39, 0.29) is 5.75 Å². The fourth-order valence-corrected chi connectivity index (χ4v) is 2.53. The number of pyridine rings is 1. The van der Waals surface area contributed by atoms with Gasteiger partial charge in [-0.05, 0) is 48.9 Å². The molecule has 0 aliphatic carbocycles. The first-order valence-corrected chi connectivity index (χ1v) is 7.26. The van der Waals surface area contributed by atoms with Crippen LogP contribution >= 0.6 is 0 Å². The van der Waals surface area contributed by atoms with Gasteiger partial charge in [0.15, 0.2) is 0 Å². The van der Waals surface area contributed by atoms with Gasteiger partial charge >= 0.3 is 0 Å². The SMILES string of the molecule is CCCC(CCN)CNc1nccc2ccc(O)cc12. The van der Waals surface area contributed by atoms with Crippen LogP contribution in [0.15, 0.2) is 30.5 Å². The van der Waals surface area contributed by atoms with Crippen molar-refractivity contribution in [3.05, 3.63) is 30.5 Å². The van der Waals surface area contributed by atoms with E-state index in [1.807, 2.05) is 12.1 Å². The molecule has 2 aromatic rings. The van der Waals surface area contributed by atoms with Crippen molar-refractivity contribution in [2.24, 2.45) is 11.7 Å². The minimum atomic E-state index is 0.264. The van der Waals surface area contributed by atoms with Gasteiger partial charge in [-0.2, -0.15) is 0 Å². The van der Waals surface area contributed by atoms with E-state index >= 15 is 0 Å². The van der Waals surface area contributed by atoms with Gasteiger partial charge in [-0.25, -0.2) is 4.98 Å². The smallest absolute Gasteiger partial charge is 0.133 e. The van der Waals surface area contributed by atoms with E-state index in [9.17, 15) is 5.11 Å². The Morgan fingerprint density at radius 3 is 2.90 bits per heavy atom. The van der Waals surface area contributed by atoms with E-state index in [0.29, 0.717) is 5.92 Å². The van der Waals surface area contributed by atoms with Gasteiger partial charge in [0.1, 0.15) is 11.6 Å². The maximum Gasteiger partial charge on any atom is 0.133 e. The van der Waals surface area contributed by atoms with Gasteiger partial charge in [-0.15, -0.1) is 0 Å². The highest BCUT2D eigenvalue weighted by Gasteiger charge is 2.09. The van der Waals surface area contributed by atoms with E-state index in [1.54, 1.807) is 18.3 Å². The van der Waals surface area contributed by atoms with Crippen LogP contribution in [0.4, 0.5) is 5.82 Å². The van der Waals surface area contributed by atoms with Gasteiger partial charge in [0.05, 0.1) is 0 Å². The minimum absolute atomic E-state index is 0.264. The summed E-state index contributed by atoms with van der Waals surface area (Å²) >= 11 is 0. The molecule has 0 saturated heterocycles. The van der Waals surface area contributed by atoms with Crippen LogP contribution in [0.3, 0.4) is 0 Å². The summed E-state index contributed by atoms with van der Waals surface area (Å²) in [5.41, 5.74) is 5.66. The Labute approximate surface area is 120 Å². The number of rotatable bonds is 7. The average Bonchev–Trinajstić information content (AvgIpc) is 2.45. The highest BCUT2D eigenvalue weighted by Crippen LogP contribution is 2.25. The van der Waals surface area contributed by atoms with Crippen LogP contribution < -0.4 is 11.1 Å². The number of fused-ring (bicyclic) bond motifs is 1. The lowest BCUT2D eigenvalue weighted by Crippen LogP contribution is -2.18. The molecule has 0 aliphatic rings. The Kier molecular flexibility index (Phi) is 5.18. The van der Waals surface area contributed by atoms with Gasteiger partial charge < -0.3 is 16.2 Å². The molecular weight excluding hydrogens is 250 g/mol.